The number of piperazine rings is 1. The number of carboxylic acid groups (broad SMARTS) is 1. The minimum Gasteiger partial charge on any atom is -0.465 e. The Balaban J connectivity index is 1.81. The molecule has 1 heterocycles. The Labute approximate surface area is 105 Å². The van der Waals surface area contributed by atoms with Crippen molar-refractivity contribution in [1.29, 1.82) is 0 Å². The molecule has 0 bridgehead atoms. The first-order chi connectivity index (χ1) is 8.25. The summed E-state index contributed by atoms with van der Waals surface area (Å²) in [5, 5.41) is 12.3. The third-order valence-electron chi connectivity index (χ3n) is 2.72. The van der Waals surface area contributed by atoms with E-state index in [0.717, 1.165) is 12.3 Å². The molecular weight excluding hydrogens is 236 g/mol. The number of nitrogens with one attached hydrogen (secondary N) is 1. The summed E-state index contributed by atoms with van der Waals surface area (Å²) >= 11 is 1.76. The van der Waals surface area contributed by atoms with E-state index in [-0.39, 0.29) is 6.04 Å². The average Bonchev–Trinajstić information content (AvgIpc) is 2.38. The fourth-order valence-corrected chi connectivity index (χ4v) is 2.79. The largest absolute Gasteiger partial charge is 0.465 e. The van der Waals surface area contributed by atoms with Crippen LogP contribution in [0.2, 0.25) is 0 Å². The molecule has 0 unspecified atom stereocenters. The van der Waals surface area contributed by atoms with Crippen LogP contribution in [0.4, 0.5) is 4.79 Å². The normalized spacial score (nSPS) is 20.2. The zero-order valence-electron chi connectivity index (χ0n) is 9.50. The van der Waals surface area contributed by atoms with Crippen LogP contribution in [0.15, 0.2) is 35.2 Å². The monoisotopic (exact) mass is 252 g/mol. The molecule has 0 saturated carbocycles. The highest BCUT2D eigenvalue weighted by molar-refractivity contribution is 7.99. The average molecular weight is 252 g/mol. The smallest absolute Gasteiger partial charge is 0.407 e. The summed E-state index contributed by atoms with van der Waals surface area (Å²) in [5.74, 6) is 0.897. The molecule has 17 heavy (non-hydrogen) atoms. The van der Waals surface area contributed by atoms with Gasteiger partial charge in [0.15, 0.2) is 0 Å². The van der Waals surface area contributed by atoms with Gasteiger partial charge in [0, 0.05) is 36.3 Å². The first kappa shape index (κ1) is 12.3. The highest BCUT2D eigenvalue weighted by Crippen LogP contribution is 2.18. The van der Waals surface area contributed by atoms with Gasteiger partial charge in [-0.2, -0.15) is 0 Å². The molecule has 0 aliphatic carbocycles. The van der Waals surface area contributed by atoms with Crippen LogP contribution >= 0.6 is 11.8 Å². The third-order valence-corrected chi connectivity index (χ3v) is 3.89. The summed E-state index contributed by atoms with van der Waals surface area (Å²) < 4.78 is 0. The molecule has 5 heteroatoms. The minimum absolute atomic E-state index is 0.241. The van der Waals surface area contributed by atoms with Gasteiger partial charge in [0.2, 0.25) is 0 Å². The van der Waals surface area contributed by atoms with E-state index in [2.05, 4.69) is 17.4 Å². The Hall–Kier alpha value is -1.20. The molecule has 1 atom stereocenters. The van der Waals surface area contributed by atoms with E-state index >= 15 is 0 Å². The number of benzene rings is 1. The van der Waals surface area contributed by atoms with Gasteiger partial charge in [-0.15, -0.1) is 11.8 Å². The standard InChI is InChI=1S/C12H16N2O2S/c15-12(16)14-7-6-13-10(8-14)9-17-11-4-2-1-3-5-11/h1-5,10,13H,6-9H2,(H,15,16)/t10-/m0/s1. The second kappa shape index (κ2) is 5.93. The molecule has 1 fully saturated rings. The maximum Gasteiger partial charge on any atom is 0.407 e. The number of hydrogen-bond donors (Lipinski definition) is 2. The van der Waals surface area contributed by atoms with Crippen molar-refractivity contribution in [2.45, 2.75) is 10.9 Å². The summed E-state index contributed by atoms with van der Waals surface area (Å²) in [6.07, 6.45) is -0.818. The molecule has 1 aromatic rings. The third kappa shape index (κ3) is 3.64. The van der Waals surface area contributed by atoms with Crippen LogP contribution in [-0.2, 0) is 0 Å². The van der Waals surface area contributed by atoms with Crippen LogP contribution in [0.1, 0.15) is 0 Å². The lowest BCUT2D eigenvalue weighted by molar-refractivity contribution is 0.131. The van der Waals surface area contributed by atoms with Crippen molar-refractivity contribution in [1.82, 2.24) is 10.2 Å². The van der Waals surface area contributed by atoms with Crippen molar-refractivity contribution in [3.8, 4) is 0 Å². The molecule has 1 aliphatic heterocycles. The summed E-state index contributed by atoms with van der Waals surface area (Å²) in [5.41, 5.74) is 0. The maximum absolute atomic E-state index is 10.9. The fourth-order valence-electron chi connectivity index (χ4n) is 1.82. The van der Waals surface area contributed by atoms with Crippen molar-refractivity contribution >= 4 is 17.9 Å². The highest BCUT2D eigenvalue weighted by Gasteiger charge is 2.22. The molecule has 92 valence electrons. The van der Waals surface area contributed by atoms with E-state index in [0.29, 0.717) is 13.1 Å². The van der Waals surface area contributed by atoms with E-state index in [1.54, 1.807) is 11.8 Å². The molecular formula is C12H16N2O2S. The van der Waals surface area contributed by atoms with E-state index in [1.807, 2.05) is 18.2 Å². The molecule has 2 N–H and O–H groups in total. The van der Waals surface area contributed by atoms with Crippen LogP contribution in [0.25, 0.3) is 0 Å². The zero-order chi connectivity index (χ0) is 12.1. The van der Waals surface area contributed by atoms with Gasteiger partial charge >= 0.3 is 6.09 Å². The quantitative estimate of drug-likeness (QED) is 0.804. The minimum atomic E-state index is -0.818. The Morgan fingerprint density at radius 1 is 1.47 bits per heavy atom. The topological polar surface area (TPSA) is 52.6 Å². The number of amides is 1. The summed E-state index contributed by atoms with van der Waals surface area (Å²) in [6.45, 7) is 1.91. The van der Waals surface area contributed by atoms with Gasteiger partial charge in [0.05, 0.1) is 0 Å². The number of hydrogen-bond acceptors (Lipinski definition) is 3. The van der Waals surface area contributed by atoms with Crippen molar-refractivity contribution in [3.63, 3.8) is 0 Å². The van der Waals surface area contributed by atoms with Crippen molar-refractivity contribution in [2.24, 2.45) is 0 Å². The van der Waals surface area contributed by atoms with Crippen LogP contribution in [0.3, 0.4) is 0 Å². The van der Waals surface area contributed by atoms with Gasteiger partial charge in [-0.3, -0.25) is 0 Å². The molecule has 2 rings (SSSR count). The second-order valence-corrected chi connectivity index (χ2v) is 5.10. The fraction of sp³-hybridized carbons (Fsp3) is 0.417. The second-order valence-electron chi connectivity index (χ2n) is 4.00. The van der Waals surface area contributed by atoms with E-state index in [4.69, 9.17) is 5.11 Å². The predicted molar refractivity (Wildman–Crippen MR) is 68.6 cm³/mol. The summed E-state index contributed by atoms with van der Waals surface area (Å²) in [4.78, 5) is 13.6. The molecule has 1 aliphatic rings. The Morgan fingerprint density at radius 3 is 2.94 bits per heavy atom. The van der Waals surface area contributed by atoms with E-state index in [1.165, 1.54) is 9.80 Å². The molecule has 0 spiro atoms. The van der Waals surface area contributed by atoms with Crippen LogP contribution < -0.4 is 5.32 Å². The zero-order valence-corrected chi connectivity index (χ0v) is 10.3. The van der Waals surface area contributed by atoms with Gasteiger partial charge in [0.1, 0.15) is 0 Å². The summed E-state index contributed by atoms with van der Waals surface area (Å²) in [7, 11) is 0. The van der Waals surface area contributed by atoms with Crippen LogP contribution in [0, 0.1) is 0 Å². The Morgan fingerprint density at radius 2 is 2.24 bits per heavy atom. The molecule has 4 nitrogen and oxygen atoms in total. The molecule has 1 saturated heterocycles. The van der Waals surface area contributed by atoms with E-state index in [9.17, 15) is 4.79 Å². The van der Waals surface area contributed by atoms with Gasteiger partial charge in [-0.1, -0.05) is 18.2 Å². The van der Waals surface area contributed by atoms with Gasteiger partial charge in [0.25, 0.3) is 0 Å². The lowest BCUT2D eigenvalue weighted by Crippen LogP contribution is -2.53. The lowest BCUT2D eigenvalue weighted by atomic mass is 10.2. The number of rotatable bonds is 3. The Bertz CT molecular complexity index is 372. The van der Waals surface area contributed by atoms with Crippen molar-refractivity contribution in [3.05, 3.63) is 30.3 Å². The number of nitrogens with zero attached hydrogens (tertiary/aromatic N) is 1. The molecule has 1 amide bonds. The predicted octanol–water partition coefficient (Wildman–Crippen LogP) is 1.73. The van der Waals surface area contributed by atoms with Crippen molar-refractivity contribution < 1.29 is 9.90 Å². The van der Waals surface area contributed by atoms with Crippen LogP contribution in [-0.4, -0.2) is 47.5 Å². The van der Waals surface area contributed by atoms with Gasteiger partial charge < -0.3 is 15.3 Å². The lowest BCUT2D eigenvalue weighted by Gasteiger charge is -2.31. The first-order valence-corrected chi connectivity index (χ1v) is 6.63. The van der Waals surface area contributed by atoms with Gasteiger partial charge in [-0.05, 0) is 12.1 Å². The SMILES string of the molecule is O=C(O)N1CCN[C@H](CSc2ccccc2)C1. The number of carbonyl (C=O) groups is 1. The molecule has 1 aromatic carbocycles. The maximum atomic E-state index is 10.9. The Kier molecular flexibility index (Phi) is 4.28. The first-order valence-electron chi connectivity index (χ1n) is 5.65. The van der Waals surface area contributed by atoms with Gasteiger partial charge in [-0.25, -0.2) is 4.79 Å². The molecule has 0 aromatic heterocycles. The van der Waals surface area contributed by atoms with Crippen LogP contribution in [0.5, 0.6) is 0 Å². The van der Waals surface area contributed by atoms with E-state index < -0.39 is 6.09 Å². The summed E-state index contributed by atoms with van der Waals surface area (Å²) in [6, 6.07) is 10.4. The van der Waals surface area contributed by atoms with Crippen molar-refractivity contribution in [2.75, 3.05) is 25.4 Å². The number of thioether (sulfide) groups is 1. The highest BCUT2D eigenvalue weighted by atomic mass is 32.2. The molecule has 0 radical (unpaired) electrons.